The molecule has 0 aliphatic carbocycles. The topological polar surface area (TPSA) is 78.5 Å². The fraction of sp³-hybridized carbons (Fsp3) is 0.353. The number of carbonyl (C=O) groups is 3. The van der Waals surface area contributed by atoms with E-state index in [1.165, 1.54) is 6.08 Å². The minimum atomic E-state index is -0.744. The number of hydrogen-bond acceptors (Lipinski definition) is 3. The highest BCUT2D eigenvalue weighted by atomic mass is 16.2. The van der Waals surface area contributed by atoms with Crippen LogP contribution in [0.5, 0.6) is 0 Å². The molecule has 6 nitrogen and oxygen atoms in total. The summed E-state index contributed by atoms with van der Waals surface area (Å²) in [6.45, 7) is 6.30. The molecule has 1 aliphatic heterocycles. The van der Waals surface area contributed by atoms with E-state index in [0.717, 1.165) is 24.1 Å². The summed E-state index contributed by atoms with van der Waals surface area (Å²) >= 11 is 0. The Morgan fingerprint density at radius 3 is 2.78 bits per heavy atom. The van der Waals surface area contributed by atoms with E-state index in [2.05, 4.69) is 17.2 Å². The molecule has 0 aromatic heterocycles. The lowest BCUT2D eigenvalue weighted by atomic mass is 10.1. The smallest absolute Gasteiger partial charge is 0.313 e. The Morgan fingerprint density at radius 1 is 1.30 bits per heavy atom. The van der Waals surface area contributed by atoms with E-state index < -0.39 is 11.8 Å². The third kappa shape index (κ3) is 4.18. The van der Waals surface area contributed by atoms with Gasteiger partial charge >= 0.3 is 11.8 Å². The first-order valence-electron chi connectivity index (χ1n) is 7.64. The molecule has 1 aromatic rings. The summed E-state index contributed by atoms with van der Waals surface area (Å²) in [5.74, 6) is -1.38. The first kappa shape index (κ1) is 16.7. The first-order chi connectivity index (χ1) is 11.0. The van der Waals surface area contributed by atoms with Gasteiger partial charge in [0.25, 0.3) is 0 Å². The molecule has 1 fully saturated rings. The number of benzene rings is 1. The molecule has 1 aromatic carbocycles. The van der Waals surface area contributed by atoms with Crippen molar-refractivity contribution < 1.29 is 14.4 Å². The van der Waals surface area contributed by atoms with Gasteiger partial charge in [0.05, 0.1) is 0 Å². The molecule has 1 aliphatic rings. The van der Waals surface area contributed by atoms with Gasteiger partial charge < -0.3 is 15.5 Å². The normalized spacial score (nSPS) is 14.3. The number of hydrogen-bond donors (Lipinski definition) is 2. The number of nitrogens with zero attached hydrogens (tertiary/aromatic N) is 1. The highest BCUT2D eigenvalue weighted by Crippen LogP contribution is 2.27. The van der Waals surface area contributed by atoms with Crippen LogP contribution in [-0.4, -0.2) is 30.8 Å². The molecule has 0 bridgehead atoms. The van der Waals surface area contributed by atoms with Crippen molar-refractivity contribution >= 4 is 29.1 Å². The van der Waals surface area contributed by atoms with E-state index in [1.54, 1.807) is 17.0 Å². The fourth-order valence-corrected chi connectivity index (χ4v) is 2.47. The molecular weight excluding hydrogens is 294 g/mol. The van der Waals surface area contributed by atoms with Crippen LogP contribution in [0.25, 0.3) is 0 Å². The number of anilines is 2. The van der Waals surface area contributed by atoms with Crippen molar-refractivity contribution in [1.29, 1.82) is 0 Å². The summed E-state index contributed by atoms with van der Waals surface area (Å²) in [4.78, 5) is 37.2. The lowest BCUT2D eigenvalue weighted by Crippen LogP contribution is -2.36. The van der Waals surface area contributed by atoms with Crippen molar-refractivity contribution in [2.24, 2.45) is 0 Å². The standard InChI is InChI=1S/C17H21N3O3/c1-3-9-18-16(22)17(23)19-13-8-7-12(2)14(11-13)20-10-5-4-6-15(20)21/h3,7-8,11H,1,4-6,9-10H2,2H3,(H,18,22)(H,19,23). The van der Waals surface area contributed by atoms with Crippen LogP contribution in [0.15, 0.2) is 30.9 Å². The van der Waals surface area contributed by atoms with E-state index in [9.17, 15) is 14.4 Å². The quantitative estimate of drug-likeness (QED) is 0.656. The van der Waals surface area contributed by atoms with Gasteiger partial charge in [-0.05, 0) is 37.5 Å². The van der Waals surface area contributed by atoms with Gasteiger partial charge in [0.2, 0.25) is 5.91 Å². The monoisotopic (exact) mass is 315 g/mol. The Kier molecular flexibility index (Phi) is 5.51. The lowest BCUT2D eigenvalue weighted by molar-refractivity contribution is -0.136. The molecule has 2 rings (SSSR count). The Morgan fingerprint density at radius 2 is 2.09 bits per heavy atom. The van der Waals surface area contributed by atoms with Gasteiger partial charge in [-0.15, -0.1) is 6.58 Å². The van der Waals surface area contributed by atoms with Crippen LogP contribution in [-0.2, 0) is 14.4 Å². The molecule has 0 saturated carbocycles. The molecule has 2 N–H and O–H groups in total. The van der Waals surface area contributed by atoms with Crippen LogP contribution in [0.1, 0.15) is 24.8 Å². The van der Waals surface area contributed by atoms with E-state index >= 15 is 0 Å². The predicted molar refractivity (Wildman–Crippen MR) is 89.2 cm³/mol. The molecule has 23 heavy (non-hydrogen) atoms. The average Bonchev–Trinajstić information content (AvgIpc) is 2.55. The number of aryl methyl sites for hydroxylation is 1. The third-order valence-corrected chi connectivity index (χ3v) is 3.69. The number of carbonyl (C=O) groups excluding carboxylic acids is 3. The summed E-state index contributed by atoms with van der Waals surface area (Å²) in [7, 11) is 0. The summed E-state index contributed by atoms with van der Waals surface area (Å²) < 4.78 is 0. The van der Waals surface area contributed by atoms with Crippen LogP contribution >= 0.6 is 0 Å². The molecule has 122 valence electrons. The van der Waals surface area contributed by atoms with Crippen molar-refractivity contribution in [3.05, 3.63) is 36.4 Å². The van der Waals surface area contributed by atoms with Gasteiger partial charge in [-0.3, -0.25) is 14.4 Å². The highest BCUT2D eigenvalue weighted by Gasteiger charge is 2.22. The van der Waals surface area contributed by atoms with E-state index in [-0.39, 0.29) is 12.5 Å². The van der Waals surface area contributed by atoms with Gasteiger partial charge in [0.1, 0.15) is 0 Å². The second-order valence-corrected chi connectivity index (χ2v) is 5.46. The SMILES string of the molecule is C=CCNC(=O)C(=O)Nc1ccc(C)c(N2CCCCC2=O)c1. The molecule has 1 heterocycles. The molecular formula is C17H21N3O3. The maximum Gasteiger partial charge on any atom is 0.313 e. The van der Waals surface area contributed by atoms with E-state index in [0.29, 0.717) is 18.7 Å². The van der Waals surface area contributed by atoms with Crippen molar-refractivity contribution in [3.63, 3.8) is 0 Å². The van der Waals surface area contributed by atoms with Gasteiger partial charge in [-0.2, -0.15) is 0 Å². The van der Waals surface area contributed by atoms with Crippen LogP contribution in [0, 0.1) is 6.92 Å². The molecule has 0 atom stereocenters. The zero-order chi connectivity index (χ0) is 16.8. The highest BCUT2D eigenvalue weighted by molar-refractivity contribution is 6.39. The molecule has 0 spiro atoms. The molecule has 0 unspecified atom stereocenters. The maximum atomic E-state index is 12.1. The summed E-state index contributed by atoms with van der Waals surface area (Å²) in [6, 6.07) is 5.28. The predicted octanol–water partition coefficient (Wildman–Crippen LogP) is 1.75. The second-order valence-electron chi connectivity index (χ2n) is 5.46. The Hall–Kier alpha value is -2.63. The summed E-state index contributed by atoms with van der Waals surface area (Å²) in [5, 5.41) is 4.96. The van der Waals surface area contributed by atoms with Crippen LogP contribution in [0.3, 0.4) is 0 Å². The van der Waals surface area contributed by atoms with Crippen molar-refractivity contribution in [1.82, 2.24) is 5.32 Å². The Balaban J connectivity index is 2.13. The largest absolute Gasteiger partial charge is 0.344 e. The van der Waals surface area contributed by atoms with Gasteiger partial charge in [-0.25, -0.2) is 0 Å². The van der Waals surface area contributed by atoms with E-state index in [1.807, 2.05) is 13.0 Å². The molecule has 0 radical (unpaired) electrons. The number of amides is 3. The van der Waals surface area contributed by atoms with Gasteiger partial charge in [-0.1, -0.05) is 12.1 Å². The lowest BCUT2D eigenvalue weighted by Gasteiger charge is -2.28. The van der Waals surface area contributed by atoms with Crippen LogP contribution < -0.4 is 15.5 Å². The molecule has 3 amide bonds. The second kappa shape index (κ2) is 7.58. The summed E-state index contributed by atoms with van der Waals surface area (Å²) in [5.41, 5.74) is 2.22. The van der Waals surface area contributed by atoms with Crippen molar-refractivity contribution in [2.75, 3.05) is 23.3 Å². The van der Waals surface area contributed by atoms with Crippen LogP contribution in [0.4, 0.5) is 11.4 Å². The summed E-state index contributed by atoms with van der Waals surface area (Å²) in [6.07, 6.45) is 3.91. The number of nitrogens with one attached hydrogen (secondary N) is 2. The van der Waals surface area contributed by atoms with Crippen LogP contribution in [0.2, 0.25) is 0 Å². The zero-order valence-corrected chi connectivity index (χ0v) is 13.2. The Labute approximate surface area is 135 Å². The minimum absolute atomic E-state index is 0.0894. The number of rotatable bonds is 4. The third-order valence-electron chi connectivity index (χ3n) is 3.69. The maximum absolute atomic E-state index is 12.1. The first-order valence-corrected chi connectivity index (χ1v) is 7.64. The van der Waals surface area contributed by atoms with E-state index in [4.69, 9.17) is 0 Å². The Bertz CT molecular complexity index is 640. The zero-order valence-electron chi connectivity index (χ0n) is 13.2. The average molecular weight is 315 g/mol. The molecule has 1 saturated heterocycles. The van der Waals surface area contributed by atoms with Crippen molar-refractivity contribution in [2.45, 2.75) is 26.2 Å². The van der Waals surface area contributed by atoms with Gasteiger partial charge in [0.15, 0.2) is 0 Å². The van der Waals surface area contributed by atoms with Gasteiger partial charge in [0, 0.05) is 30.9 Å². The number of piperidine rings is 1. The molecule has 6 heteroatoms. The fourth-order valence-electron chi connectivity index (χ4n) is 2.47. The minimum Gasteiger partial charge on any atom is -0.344 e. The van der Waals surface area contributed by atoms with Crippen molar-refractivity contribution in [3.8, 4) is 0 Å².